The quantitative estimate of drug-likeness (QED) is 0.777. The van der Waals surface area contributed by atoms with Crippen LogP contribution in [-0.2, 0) is 6.54 Å². The molecule has 1 heterocycles. The molecule has 0 saturated carbocycles. The molecule has 0 unspecified atom stereocenters. The predicted octanol–water partition coefficient (Wildman–Crippen LogP) is 2.24. The molecule has 0 aromatic carbocycles. The van der Waals surface area contributed by atoms with E-state index in [1.54, 1.807) is 6.20 Å². The van der Waals surface area contributed by atoms with Gasteiger partial charge in [0.25, 0.3) is 0 Å². The zero-order chi connectivity index (χ0) is 10.0. The molecular formula is C10H19N3. The highest BCUT2D eigenvalue weighted by Gasteiger charge is 2.12. The van der Waals surface area contributed by atoms with E-state index in [1.807, 2.05) is 4.68 Å². The van der Waals surface area contributed by atoms with Crippen LogP contribution >= 0.6 is 0 Å². The highest BCUT2D eigenvalue weighted by atomic mass is 15.3. The van der Waals surface area contributed by atoms with E-state index < -0.39 is 0 Å². The lowest BCUT2D eigenvalue weighted by atomic mass is 10.1. The molecule has 2 N–H and O–H groups in total. The minimum Gasteiger partial charge on any atom is -0.396 e. The molecule has 0 aliphatic carbocycles. The molecule has 0 atom stereocenters. The summed E-state index contributed by atoms with van der Waals surface area (Å²) in [5.41, 5.74) is 7.81. The molecule has 1 aromatic rings. The smallest absolute Gasteiger partial charge is 0.0735 e. The molecule has 0 spiro atoms. The summed E-state index contributed by atoms with van der Waals surface area (Å²) in [5, 5.41) is 4.27. The number of anilines is 1. The van der Waals surface area contributed by atoms with E-state index in [9.17, 15) is 0 Å². The van der Waals surface area contributed by atoms with Crippen LogP contribution in [0.2, 0.25) is 0 Å². The van der Waals surface area contributed by atoms with Crippen LogP contribution in [0, 0.1) is 5.92 Å². The Morgan fingerprint density at radius 3 is 2.46 bits per heavy atom. The van der Waals surface area contributed by atoms with Crippen LogP contribution in [0.1, 0.15) is 39.3 Å². The average Bonchev–Trinajstić information content (AvgIpc) is 2.30. The molecule has 0 radical (unpaired) electrons. The van der Waals surface area contributed by atoms with Gasteiger partial charge in [0.1, 0.15) is 0 Å². The van der Waals surface area contributed by atoms with Crippen LogP contribution in [0.3, 0.4) is 0 Å². The summed E-state index contributed by atoms with van der Waals surface area (Å²) >= 11 is 0. The number of rotatable bonds is 3. The molecular weight excluding hydrogens is 162 g/mol. The minimum atomic E-state index is 0.446. The summed E-state index contributed by atoms with van der Waals surface area (Å²) < 4.78 is 2.02. The predicted molar refractivity (Wildman–Crippen MR) is 55.6 cm³/mol. The Balaban J connectivity index is 2.94. The van der Waals surface area contributed by atoms with Gasteiger partial charge in [-0.1, -0.05) is 27.7 Å². The van der Waals surface area contributed by atoms with Gasteiger partial charge in [-0.2, -0.15) is 5.10 Å². The van der Waals surface area contributed by atoms with Gasteiger partial charge in [0.2, 0.25) is 0 Å². The lowest BCUT2D eigenvalue weighted by Crippen LogP contribution is -2.11. The Kier molecular flexibility index (Phi) is 2.96. The fraction of sp³-hybridized carbons (Fsp3) is 0.700. The van der Waals surface area contributed by atoms with Crippen molar-refractivity contribution in [1.82, 2.24) is 9.78 Å². The zero-order valence-electron chi connectivity index (χ0n) is 8.91. The minimum absolute atomic E-state index is 0.446. The van der Waals surface area contributed by atoms with E-state index in [4.69, 9.17) is 5.73 Å². The van der Waals surface area contributed by atoms with Crippen LogP contribution in [0.4, 0.5) is 5.69 Å². The second-order valence-electron chi connectivity index (χ2n) is 4.22. The van der Waals surface area contributed by atoms with Gasteiger partial charge in [0.15, 0.2) is 0 Å². The number of hydrogen-bond acceptors (Lipinski definition) is 2. The van der Waals surface area contributed by atoms with E-state index >= 15 is 0 Å². The average molecular weight is 181 g/mol. The highest BCUT2D eigenvalue weighted by Crippen LogP contribution is 2.21. The molecule has 0 aliphatic rings. The van der Waals surface area contributed by atoms with E-state index in [1.165, 1.54) is 0 Å². The number of nitrogens with two attached hydrogens (primary N) is 1. The van der Waals surface area contributed by atoms with E-state index in [0.717, 1.165) is 17.9 Å². The van der Waals surface area contributed by atoms with Crippen molar-refractivity contribution in [3.63, 3.8) is 0 Å². The Morgan fingerprint density at radius 1 is 1.38 bits per heavy atom. The monoisotopic (exact) mass is 181 g/mol. The fourth-order valence-corrected chi connectivity index (χ4v) is 1.53. The van der Waals surface area contributed by atoms with Crippen LogP contribution in [0.15, 0.2) is 6.20 Å². The van der Waals surface area contributed by atoms with Crippen LogP contribution < -0.4 is 5.73 Å². The highest BCUT2D eigenvalue weighted by molar-refractivity contribution is 5.42. The number of aromatic nitrogens is 2. The summed E-state index contributed by atoms with van der Waals surface area (Å²) in [6.45, 7) is 9.60. The number of hydrogen-bond donors (Lipinski definition) is 1. The van der Waals surface area contributed by atoms with Crippen molar-refractivity contribution < 1.29 is 0 Å². The van der Waals surface area contributed by atoms with Crippen molar-refractivity contribution in [2.45, 2.75) is 40.2 Å². The van der Waals surface area contributed by atoms with Crippen molar-refractivity contribution in [3.05, 3.63) is 11.9 Å². The molecule has 3 nitrogen and oxygen atoms in total. The first-order valence-electron chi connectivity index (χ1n) is 4.83. The SMILES string of the molecule is CC(C)Cn1ncc(N)c1C(C)C. The molecule has 0 amide bonds. The third-order valence-corrected chi connectivity index (χ3v) is 2.00. The van der Waals surface area contributed by atoms with Gasteiger partial charge in [-0.3, -0.25) is 4.68 Å². The maximum atomic E-state index is 5.83. The van der Waals surface area contributed by atoms with Crippen molar-refractivity contribution in [2.24, 2.45) is 5.92 Å². The fourth-order valence-electron chi connectivity index (χ4n) is 1.53. The van der Waals surface area contributed by atoms with Crippen LogP contribution in [0.25, 0.3) is 0 Å². The van der Waals surface area contributed by atoms with Crippen molar-refractivity contribution in [1.29, 1.82) is 0 Å². The maximum absolute atomic E-state index is 5.83. The molecule has 0 saturated heterocycles. The number of nitrogens with zero attached hydrogens (tertiary/aromatic N) is 2. The molecule has 74 valence electrons. The summed E-state index contributed by atoms with van der Waals surface area (Å²) in [5.74, 6) is 1.05. The Bertz CT molecular complexity index is 274. The lowest BCUT2D eigenvalue weighted by Gasteiger charge is -2.12. The van der Waals surface area contributed by atoms with Gasteiger partial charge in [-0.05, 0) is 11.8 Å². The standard InChI is InChI=1S/C10H19N3/c1-7(2)6-13-10(8(3)4)9(11)5-12-13/h5,7-8H,6,11H2,1-4H3. The van der Waals surface area contributed by atoms with E-state index in [2.05, 4.69) is 32.8 Å². The van der Waals surface area contributed by atoms with Gasteiger partial charge >= 0.3 is 0 Å². The van der Waals surface area contributed by atoms with Gasteiger partial charge < -0.3 is 5.73 Å². The third kappa shape index (κ3) is 2.23. The molecule has 13 heavy (non-hydrogen) atoms. The van der Waals surface area contributed by atoms with Gasteiger partial charge in [-0.25, -0.2) is 0 Å². The summed E-state index contributed by atoms with van der Waals surface area (Å²) in [6.07, 6.45) is 1.75. The molecule has 1 rings (SSSR count). The van der Waals surface area contributed by atoms with E-state index in [0.29, 0.717) is 11.8 Å². The van der Waals surface area contributed by atoms with Crippen LogP contribution in [0.5, 0.6) is 0 Å². The Hall–Kier alpha value is -0.990. The van der Waals surface area contributed by atoms with Crippen molar-refractivity contribution in [3.8, 4) is 0 Å². The summed E-state index contributed by atoms with van der Waals surface area (Å²) in [7, 11) is 0. The first-order valence-corrected chi connectivity index (χ1v) is 4.83. The summed E-state index contributed by atoms with van der Waals surface area (Å²) in [6, 6.07) is 0. The zero-order valence-corrected chi connectivity index (χ0v) is 8.91. The second kappa shape index (κ2) is 3.81. The van der Waals surface area contributed by atoms with Crippen LogP contribution in [-0.4, -0.2) is 9.78 Å². The molecule has 3 heteroatoms. The largest absolute Gasteiger partial charge is 0.396 e. The molecule has 0 bridgehead atoms. The first kappa shape index (κ1) is 10.1. The second-order valence-corrected chi connectivity index (χ2v) is 4.22. The van der Waals surface area contributed by atoms with Gasteiger partial charge in [0.05, 0.1) is 17.6 Å². The summed E-state index contributed by atoms with van der Waals surface area (Å²) in [4.78, 5) is 0. The normalized spacial score (nSPS) is 11.5. The molecule has 0 fully saturated rings. The number of nitrogen functional groups attached to an aromatic ring is 1. The topological polar surface area (TPSA) is 43.8 Å². The first-order chi connectivity index (χ1) is 6.02. The Morgan fingerprint density at radius 2 is 2.00 bits per heavy atom. The third-order valence-electron chi connectivity index (χ3n) is 2.00. The van der Waals surface area contributed by atoms with Crippen molar-refractivity contribution in [2.75, 3.05) is 5.73 Å². The lowest BCUT2D eigenvalue weighted by molar-refractivity contribution is 0.462. The van der Waals surface area contributed by atoms with E-state index in [-0.39, 0.29) is 0 Å². The maximum Gasteiger partial charge on any atom is 0.0735 e. The molecule has 1 aromatic heterocycles. The van der Waals surface area contributed by atoms with Crippen molar-refractivity contribution >= 4 is 5.69 Å². The van der Waals surface area contributed by atoms with Gasteiger partial charge in [-0.15, -0.1) is 0 Å². The Labute approximate surface area is 79.9 Å². The molecule has 0 aliphatic heterocycles. The van der Waals surface area contributed by atoms with Gasteiger partial charge in [0, 0.05) is 6.54 Å².